The summed E-state index contributed by atoms with van der Waals surface area (Å²) in [5.74, 6) is 0.108. The van der Waals surface area contributed by atoms with Gasteiger partial charge in [-0.2, -0.15) is 0 Å². The fraction of sp³-hybridized carbons (Fsp3) is 0.364. The standard InChI is InChI=1S/C11H15IN2O/c1-3-14(2)11(15)8-13-10-6-4-5-9(12)7-10/h4-7,13H,3,8H2,1-2H3. The number of nitrogens with one attached hydrogen (secondary N) is 1. The van der Waals surface area contributed by atoms with Crippen LogP contribution in [0, 0.1) is 3.57 Å². The van der Waals surface area contributed by atoms with Crippen LogP contribution in [-0.2, 0) is 4.79 Å². The lowest BCUT2D eigenvalue weighted by Crippen LogP contribution is -2.31. The SMILES string of the molecule is CCN(C)C(=O)CNc1cccc(I)c1. The van der Waals surface area contributed by atoms with Gasteiger partial charge in [0.05, 0.1) is 6.54 Å². The minimum Gasteiger partial charge on any atom is -0.376 e. The molecule has 3 nitrogen and oxygen atoms in total. The molecule has 82 valence electrons. The van der Waals surface area contributed by atoms with E-state index in [9.17, 15) is 4.79 Å². The van der Waals surface area contributed by atoms with Gasteiger partial charge < -0.3 is 10.2 Å². The van der Waals surface area contributed by atoms with Crippen molar-refractivity contribution in [3.8, 4) is 0 Å². The summed E-state index contributed by atoms with van der Waals surface area (Å²) in [4.78, 5) is 13.2. The van der Waals surface area contributed by atoms with Crippen molar-refractivity contribution in [2.24, 2.45) is 0 Å². The largest absolute Gasteiger partial charge is 0.376 e. The van der Waals surface area contributed by atoms with Gasteiger partial charge in [-0.05, 0) is 47.7 Å². The maximum Gasteiger partial charge on any atom is 0.241 e. The van der Waals surface area contributed by atoms with Crippen LogP contribution < -0.4 is 5.32 Å². The molecule has 0 radical (unpaired) electrons. The van der Waals surface area contributed by atoms with Crippen LogP contribution in [-0.4, -0.2) is 30.9 Å². The second kappa shape index (κ2) is 5.95. The van der Waals surface area contributed by atoms with E-state index in [2.05, 4.69) is 27.9 Å². The number of carbonyl (C=O) groups is 1. The summed E-state index contributed by atoms with van der Waals surface area (Å²) in [6.07, 6.45) is 0. The Morgan fingerprint density at radius 3 is 2.87 bits per heavy atom. The lowest BCUT2D eigenvalue weighted by atomic mass is 10.3. The first-order valence-corrected chi connectivity index (χ1v) is 5.94. The molecule has 4 heteroatoms. The molecule has 1 aromatic carbocycles. The van der Waals surface area contributed by atoms with E-state index >= 15 is 0 Å². The Morgan fingerprint density at radius 1 is 1.53 bits per heavy atom. The molecule has 1 amide bonds. The summed E-state index contributed by atoms with van der Waals surface area (Å²) in [6.45, 7) is 3.06. The van der Waals surface area contributed by atoms with E-state index in [0.29, 0.717) is 6.54 Å². The summed E-state index contributed by atoms with van der Waals surface area (Å²) in [6, 6.07) is 7.96. The van der Waals surface area contributed by atoms with Crippen molar-refractivity contribution in [3.05, 3.63) is 27.8 Å². The summed E-state index contributed by atoms with van der Waals surface area (Å²) >= 11 is 2.25. The number of benzene rings is 1. The molecule has 0 aliphatic rings. The lowest BCUT2D eigenvalue weighted by molar-refractivity contribution is -0.127. The van der Waals surface area contributed by atoms with Crippen LogP contribution >= 0.6 is 22.6 Å². The number of hydrogen-bond donors (Lipinski definition) is 1. The molecular formula is C11H15IN2O. The highest BCUT2D eigenvalue weighted by Gasteiger charge is 2.05. The molecular weight excluding hydrogens is 303 g/mol. The number of hydrogen-bond acceptors (Lipinski definition) is 2. The van der Waals surface area contributed by atoms with Crippen LogP contribution in [0.3, 0.4) is 0 Å². The summed E-state index contributed by atoms with van der Waals surface area (Å²) < 4.78 is 1.16. The zero-order chi connectivity index (χ0) is 11.3. The molecule has 0 aliphatic carbocycles. The maximum atomic E-state index is 11.5. The zero-order valence-corrected chi connectivity index (χ0v) is 11.1. The van der Waals surface area contributed by atoms with Crippen LogP contribution in [0.1, 0.15) is 6.92 Å². The molecule has 0 fully saturated rings. The Kier molecular flexibility index (Phi) is 4.87. The maximum absolute atomic E-state index is 11.5. The fourth-order valence-electron chi connectivity index (χ4n) is 1.09. The third-order valence-corrected chi connectivity index (χ3v) is 2.84. The van der Waals surface area contributed by atoms with Gasteiger partial charge in [0.25, 0.3) is 0 Å². The Bertz CT molecular complexity index is 341. The molecule has 0 heterocycles. The molecule has 15 heavy (non-hydrogen) atoms. The van der Waals surface area contributed by atoms with Crippen LogP contribution in [0.2, 0.25) is 0 Å². The minimum absolute atomic E-state index is 0.108. The van der Waals surface area contributed by atoms with Gasteiger partial charge in [-0.15, -0.1) is 0 Å². The van der Waals surface area contributed by atoms with Gasteiger partial charge in [-0.3, -0.25) is 4.79 Å². The van der Waals surface area contributed by atoms with Gasteiger partial charge in [-0.1, -0.05) is 6.07 Å². The van der Waals surface area contributed by atoms with Crippen molar-refractivity contribution < 1.29 is 4.79 Å². The Morgan fingerprint density at radius 2 is 2.27 bits per heavy atom. The first-order valence-electron chi connectivity index (χ1n) is 4.87. The predicted octanol–water partition coefficient (Wildman–Crippen LogP) is 2.18. The second-order valence-corrected chi connectivity index (χ2v) is 4.52. The van der Waals surface area contributed by atoms with E-state index in [1.807, 2.05) is 31.2 Å². The number of amides is 1. The molecule has 0 bridgehead atoms. The summed E-state index contributed by atoms with van der Waals surface area (Å²) in [5, 5.41) is 3.10. The molecule has 0 spiro atoms. The van der Waals surface area contributed by atoms with Gasteiger partial charge in [0.2, 0.25) is 5.91 Å². The zero-order valence-electron chi connectivity index (χ0n) is 8.96. The minimum atomic E-state index is 0.108. The van der Waals surface area contributed by atoms with Crippen molar-refractivity contribution in [2.45, 2.75) is 6.92 Å². The Balaban J connectivity index is 2.47. The number of anilines is 1. The quantitative estimate of drug-likeness (QED) is 0.863. The molecule has 1 rings (SSSR count). The van der Waals surface area contributed by atoms with Crippen molar-refractivity contribution in [1.29, 1.82) is 0 Å². The normalized spacial score (nSPS) is 9.80. The van der Waals surface area contributed by atoms with Crippen molar-refractivity contribution in [2.75, 3.05) is 25.5 Å². The summed E-state index contributed by atoms with van der Waals surface area (Å²) in [7, 11) is 1.80. The van der Waals surface area contributed by atoms with E-state index in [1.165, 1.54) is 0 Å². The Labute approximate surface area is 104 Å². The fourth-order valence-corrected chi connectivity index (χ4v) is 1.63. The number of nitrogens with zero attached hydrogens (tertiary/aromatic N) is 1. The van der Waals surface area contributed by atoms with Crippen LogP contribution in [0.25, 0.3) is 0 Å². The van der Waals surface area contributed by atoms with Crippen LogP contribution in [0.4, 0.5) is 5.69 Å². The monoisotopic (exact) mass is 318 g/mol. The van der Waals surface area contributed by atoms with Crippen molar-refractivity contribution in [1.82, 2.24) is 4.90 Å². The second-order valence-electron chi connectivity index (χ2n) is 3.27. The van der Waals surface area contributed by atoms with Gasteiger partial charge in [-0.25, -0.2) is 0 Å². The third kappa shape index (κ3) is 4.07. The van der Waals surface area contributed by atoms with E-state index in [4.69, 9.17) is 0 Å². The highest BCUT2D eigenvalue weighted by atomic mass is 127. The topological polar surface area (TPSA) is 32.3 Å². The van der Waals surface area contributed by atoms with Gasteiger partial charge in [0.1, 0.15) is 0 Å². The number of halogens is 1. The first-order chi connectivity index (χ1) is 7.13. The number of carbonyl (C=O) groups excluding carboxylic acids is 1. The third-order valence-electron chi connectivity index (χ3n) is 2.17. The highest BCUT2D eigenvalue weighted by molar-refractivity contribution is 14.1. The van der Waals surface area contributed by atoms with Crippen LogP contribution in [0.5, 0.6) is 0 Å². The van der Waals surface area contributed by atoms with Crippen molar-refractivity contribution >= 4 is 34.2 Å². The van der Waals surface area contributed by atoms with E-state index in [1.54, 1.807) is 11.9 Å². The molecule has 0 saturated carbocycles. The molecule has 0 atom stereocenters. The number of likely N-dealkylation sites (N-methyl/N-ethyl adjacent to an activating group) is 1. The predicted molar refractivity (Wildman–Crippen MR) is 71.0 cm³/mol. The summed E-state index contributed by atoms with van der Waals surface area (Å²) in [5.41, 5.74) is 0.986. The molecule has 1 N–H and O–H groups in total. The van der Waals surface area contributed by atoms with Gasteiger partial charge >= 0.3 is 0 Å². The molecule has 0 aliphatic heterocycles. The number of rotatable bonds is 4. The van der Waals surface area contributed by atoms with E-state index in [0.717, 1.165) is 15.8 Å². The van der Waals surface area contributed by atoms with Crippen LogP contribution in [0.15, 0.2) is 24.3 Å². The van der Waals surface area contributed by atoms with Gasteiger partial charge in [0, 0.05) is 22.8 Å². The highest BCUT2D eigenvalue weighted by Crippen LogP contribution is 2.11. The van der Waals surface area contributed by atoms with Crippen molar-refractivity contribution in [3.63, 3.8) is 0 Å². The smallest absolute Gasteiger partial charge is 0.241 e. The van der Waals surface area contributed by atoms with Gasteiger partial charge in [0.15, 0.2) is 0 Å². The average Bonchev–Trinajstić information content (AvgIpc) is 2.25. The Hall–Kier alpha value is -0.780. The lowest BCUT2D eigenvalue weighted by Gasteiger charge is -2.15. The van der Waals surface area contributed by atoms with E-state index in [-0.39, 0.29) is 5.91 Å². The average molecular weight is 318 g/mol. The van der Waals surface area contributed by atoms with E-state index < -0.39 is 0 Å². The molecule has 0 unspecified atom stereocenters. The first kappa shape index (κ1) is 12.3. The molecule has 0 saturated heterocycles. The molecule has 0 aromatic heterocycles. The molecule has 1 aromatic rings.